The van der Waals surface area contributed by atoms with Crippen LogP contribution in [0.4, 0.5) is 18.9 Å². The summed E-state index contributed by atoms with van der Waals surface area (Å²) >= 11 is 0. The first-order valence-electron chi connectivity index (χ1n) is 10.9. The van der Waals surface area contributed by atoms with Crippen molar-refractivity contribution in [3.05, 3.63) is 101 Å². The average Bonchev–Trinajstić information content (AvgIpc) is 3.43. The lowest BCUT2D eigenvalue weighted by atomic mass is 10.1. The fraction of sp³-hybridized carbons (Fsp3) is 0.231. The van der Waals surface area contributed by atoms with Gasteiger partial charge < -0.3 is 14.5 Å². The number of ether oxygens (including phenoxy) is 1. The van der Waals surface area contributed by atoms with Crippen molar-refractivity contribution in [3.63, 3.8) is 0 Å². The van der Waals surface area contributed by atoms with Crippen LogP contribution in [0, 0.1) is 13.8 Å². The standard InChI is InChI=1S/C26H24F3N3O3/c1-17-24(18(2)32(31-17)22-9-4-7-20(13-22)26(27,28)29)14-25(33)30-21-8-3-6-19(12-21)15-34-16-23-10-5-11-35-23/h3-13H,14-16H2,1-2H3,(H,30,33). The van der Waals surface area contributed by atoms with Gasteiger partial charge in [-0.2, -0.15) is 18.3 Å². The molecule has 1 amide bonds. The zero-order valence-corrected chi connectivity index (χ0v) is 19.2. The summed E-state index contributed by atoms with van der Waals surface area (Å²) in [5.74, 6) is 0.472. The molecular weight excluding hydrogens is 459 g/mol. The van der Waals surface area contributed by atoms with Crippen molar-refractivity contribution < 1.29 is 27.1 Å². The van der Waals surface area contributed by atoms with E-state index in [-0.39, 0.29) is 18.0 Å². The van der Waals surface area contributed by atoms with Crippen LogP contribution in [-0.4, -0.2) is 15.7 Å². The quantitative estimate of drug-likeness (QED) is 0.334. The van der Waals surface area contributed by atoms with Crippen LogP contribution in [0.2, 0.25) is 0 Å². The van der Waals surface area contributed by atoms with E-state index in [9.17, 15) is 18.0 Å². The molecule has 6 nitrogen and oxygen atoms in total. The predicted molar refractivity (Wildman–Crippen MR) is 124 cm³/mol. The van der Waals surface area contributed by atoms with Crippen molar-refractivity contribution >= 4 is 11.6 Å². The molecule has 2 aromatic carbocycles. The van der Waals surface area contributed by atoms with Crippen molar-refractivity contribution in [3.8, 4) is 5.69 Å². The number of alkyl halides is 3. The summed E-state index contributed by atoms with van der Waals surface area (Å²) in [6.45, 7) is 4.17. The second-order valence-corrected chi connectivity index (χ2v) is 8.11. The highest BCUT2D eigenvalue weighted by atomic mass is 19.4. The van der Waals surface area contributed by atoms with Crippen molar-refractivity contribution in [2.45, 2.75) is 39.7 Å². The molecule has 0 unspecified atom stereocenters. The summed E-state index contributed by atoms with van der Waals surface area (Å²) in [6.07, 6.45) is -2.83. The second-order valence-electron chi connectivity index (χ2n) is 8.11. The van der Waals surface area contributed by atoms with Crippen LogP contribution in [0.1, 0.15) is 33.8 Å². The Morgan fingerprint density at radius 1 is 1.06 bits per heavy atom. The van der Waals surface area contributed by atoms with Gasteiger partial charge in [-0.3, -0.25) is 4.79 Å². The number of rotatable bonds is 8. The largest absolute Gasteiger partial charge is 0.467 e. The van der Waals surface area contributed by atoms with Gasteiger partial charge in [0.25, 0.3) is 0 Å². The van der Waals surface area contributed by atoms with Gasteiger partial charge in [0, 0.05) is 16.9 Å². The molecule has 0 saturated carbocycles. The van der Waals surface area contributed by atoms with Gasteiger partial charge in [0.1, 0.15) is 12.4 Å². The van der Waals surface area contributed by atoms with Crippen LogP contribution in [0.3, 0.4) is 0 Å². The molecule has 1 N–H and O–H groups in total. The van der Waals surface area contributed by atoms with Gasteiger partial charge in [-0.1, -0.05) is 18.2 Å². The number of carbonyl (C=O) groups is 1. The number of benzene rings is 2. The third-order valence-corrected chi connectivity index (χ3v) is 5.50. The number of furan rings is 1. The zero-order valence-electron chi connectivity index (χ0n) is 19.2. The van der Waals surface area contributed by atoms with Gasteiger partial charge >= 0.3 is 6.18 Å². The van der Waals surface area contributed by atoms with Crippen LogP contribution < -0.4 is 5.32 Å². The summed E-state index contributed by atoms with van der Waals surface area (Å²) in [5, 5.41) is 7.25. The number of halogens is 3. The van der Waals surface area contributed by atoms with E-state index in [1.807, 2.05) is 24.3 Å². The normalized spacial score (nSPS) is 11.6. The number of carbonyl (C=O) groups excluding carboxylic acids is 1. The SMILES string of the molecule is Cc1nn(-c2cccc(C(F)(F)F)c2)c(C)c1CC(=O)Nc1cccc(COCc2ccco2)c1. The third-order valence-electron chi connectivity index (χ3n) is 5.50. The summed E-state index contributed by atoms with van der Waals surface area (Å²) in [4.78, 5) is 12.8. The molecule has 0 radical (unpaired) electrons. The number of aryl methyl sites for hydroxylation is 1. The fourth-order valence-corrected chi connectivity index (χ4v) is 3.76. The molecule has 0 fully saturated rings. The first-order chi connectivity index (χ1) is 16.7. The van der Waals surface area contributed by atoms with E-state index in [0.717, 1.165) is 23.5 Å². The van der Waals surface area contributed by atoms with Gasteiger partial charge in [0.15, 0.2) is 0 Å². The minimum atomic E-state index is -4.45. The van der Waals surface area contributed by atoms with Crippen LogP contribution in [0.15, 0.2) is 71.3 Å². The molecule has 0 aliphatic carbocycles. The van der Waals surface area contributed by atoms with Gasteiger partial charge in [-0.25, -0.2) is 4.68 Å². The molecule has 9 heteroatoms. The number of hydrogen-bond acceptors (Lipinski definition) is 4. The third kappa shape index (κ3) is 5.99. The molecule has 0 spiro atoms. The minimum Gasteiger partial charge on any atom is -0.467 e. The molecule has 182 valence electrons. The average molecular weight is 483 g/mol. The number of aromatic nitrogens is 2. The first kappa shape index (κ1) is 24.3. The molecule has 2 heterocycles. The van der Waals surface area contributed by atoms with Crippen LogP contribution in [0.5, 0.6) is 0 Å². The van der Waals surface area contributed by atoms with Gasteiger partial charge in [0.2, 0.25) is 5.91 Å². The summed E-state index contributed by atoms with van der Waals surface area (Å²) in [7, 11) is 0. The Labute approximate surface area is 200 Å². The van der Waals surface area contributed by atoms with Gasteiger partial charge in [-0.15, -0.1) is 0 Å². The summed E-state index contributed by atoms with van der Waals surface area (Å²) in [6, 6.07) is 15.9. The molecule has 4 aromatic rings. The predicted octanol–water partition coefficient (Wildman–Crippen LogP) is 6.00. The Morgan fingerprint density at radius 2 is 1.86 bits per heavy atom. The number of anilines is 1. The Kier molecular flexibility index (Phi) is 7.07. The van der Waals surface area contributed by atoms with Crippen molar-refractivity contribution in [2.75, 3.05) is 5.32 Å². The van der Waals surface area contributed by atoms with E-state index in [0.29, 0.717) is 35.9 Å². The number of amides is 1. The molecule has 0 aliphatic rings. The minimum absolute atomic E-state index is 0.0375. The van der Waals surface area contributed by atoms with E-state index < -0.39 is 11.7 Å². The first-order valence-corrected chi connectivity index (χ1v) is 10.9. The Bertz CT molecular complexity index is 1310. The maximum atomic E-state index is 13.1. The molecule has 4 rings (SSSR count). The Balaban J connectivity index is 1.42. The lowest BCUT2D eigenvalue weighted by molar-refractivity contribution is -0.137. The monoisotopic (exact) mass is 483 g/mol. The van der Waals surface area contributed by atoms with Gasteiger partial charge in [-0.05, 0) is 61.9 Å². The number of hydrogen-bond donors (Lipinski definition) is 1. The van der Waals surface area contributed by atoms with E-state index >= 15 is 0 Å². The Hall–Kier alpha value is -3.85. The topological polar surface area (TPSA) is 69.3 Å². The molecule has 0 bridgehead atoms. The molecule has 0 atom stereocenters. The van der Waals surface area contributed by atoms with Gasteiger partial charge in [0.05, 0.1) is 36.2 Å². The van der Waals surface area contributed by atoms with Crippen molar-refractivity contribution in [1.29, 1.82) is 0 Å². The Morgan fingerprint density at radius 3 is 2.60 bits per heavy atom. The second kappa shape index (κ2) is 10.2. The number of nitrogens with one attached hydrogen (secondary N) is 1. The van der Waals surface area contributed by atoms with Crippen molar-refractivity contribution in [2.24, 2.45) is 0 Å². The van der Waals surface area contributed by atoms with E-state index in [1.165, 1.54) is 10.7 Å². The van der Waals surface area contributed by atoms with E-state index in [4.69, 9.17) is 9.15 Å². The fourth-order valence-electron chi connectivity index (χ4n) is 3.76. The summed E-state index contributed by atoms with van der Waals surface area (Å²) < 4.78 is 51.7. The maximum Gasteiger partial charge on any atom is 0.416 e. The highest BCUT2D eigenvalue weighted by molar-refractivity contribution is 5.92. The maximum absolute atomic E-state index is 13.1. The van der Waals surface area contributed by atoms with Crippen LogP contribution in [-0.2, 0) is 35.3 Å². The molecule has 0 saturated heterocycles. The van der Waals surface area contributed by atoms with Crippen LogP contribution in [0.25, 0.3) is 5.69 Å². The highest BCUT2D eigenvalue weighted by Crippen LogP contribution is 2.31. The summed E-state index contributed by atoms with van der Waals surface area (Å²) in [5.41, 5.74) is 2.89. The smallest absolute Gasteiger partial charge is 0.416 e. The molecule has 0 aliphatic heterocycles. The number of nitrogens with zero attached hydrogens (tertiary/aromatic N) is 2. The lowest BCUT2D eigenvalue weighted by Crippen LogP contribution is -2.15. The highest BCUT2D eigenvalue weighted by Gasteiger charge is 2.30. The van der Waals surface area contributed by atoms with E-state index in [2.05, 4.69) is 10.4 Å². The molecule has 2 aromatic heterocycles. The molecular formula is C26H24F3N3O3. The van der Waals surface area contributed by atoms with Crippen LogP contribution >= 0.6 is 0 Å². The van der Waals surface area contributed by atoms with E-state index in [1.54, 1.807) is 38.3 Å². The molecule has 35 heavy (non-hydrogen) atoms. The zero-order chi connectivity index (χ0) is 25.0. The van der Waals surface area contributed by atoms with Crippen molar-refractivity contribution in [1.82, 2.24) is 9.78 Å². The lowest BCUT2D eigenvalue weighted by Gasteiger charge is -2.10.